The van der Waals surface area contributed by atoms with Gasteiger partial charge < -0.3 is 41.1 Å². The van der Waals surface area contributed by atoms with Crippen molar-refractivity contribution in [3.8, 4) is 5.75 Å². The molecule has 0 heterocycles. The van der Waals surface area contributed by atoms with E-state index < -0.39 is 69.9 Å². The Morgan fingerprint density at radius 2 is 1.76 bits per heavy atom. The zero-order valence-corrected chi connectivity index (χ0v) is 26.0. The van der Waals surface area contributed by atoms with Crippen LogP contribution in [0, 0.1) is 11.8 Å². The molecule has 3 aliphatic rings. The molecule has 244 valence electrons. The first-order valence-corrected chi connectivity index (χ1v) is 14.8. The van der Waals surface area contributed by atoms with Gasteiger partial charge in [0.05, 0.1) is 18.2 Å². The summed E-state index contributed by atoms with van der Waals surface area (Å²) in [4.78, 5) is 55.6. The van der Waals surface area contributed by atoms with Crippen molar-refractivity contribution in [1.82, 2.24) is 10.2 Å². The maximum Gasteiger partial charge on any atom is 0.407 e. The van der Waals surface area contributed by atoms with Crippen molar-refractivity contribution in [1.29, 1.82) is 0 Å². The van der Waals surface area contributed by atoms with Gasteiger partial charge in [-0.25, -0.2) is 4.79 Å². The van der Waals surface area contributed by atoms with E-state index in [2.05, 4.69) is 5.32 Å². The molecule has 13 heteroatoms. The van der Waals surface area contributed by atoms with E-state index in [9.17, 15) is 39.6 Å². The number of phenols is 1. The number of primary amides is 1. The SMILES string of the molecule is CN(C)c1cc(CNC(=O)OCCc2ccccc2)c(O)c2c1C[C@H]1C[C@H]3C(N(C)C)C(O)=C(C(N)=O)C(=O)[C@@]3(O)C(O)=C1C2=O. The van der Waals surface area contributed by atoms with E-state index in [-0.39, 0.29) is 42.7 Å². The minimum atomic E-state index is -2.73. The summed E-state index contributed by atoms with van der Waals surface area (Å²) in [6, 6.07) is 10.1. The number of rotatable bonds is 8. The summed E-state index contributed by atoms with van der Waals surface area (Å²) in [5.41, 5.74) is 3.67. The molecule has 1 unspecified atom stereocenters. The fraction of sp³-hybridized carbons (Fsp3) is 0.394. The Morgan fingerprint density at radius 3 is 2.37 bits per heavy atom. The first-order chi connectivity index (χ1) is 21.7. The van der Waals surface area contributed by atoms with Crippen LogP contribution in [-0.4, -0.2) is 95.3 Å². The zero-order chi connectivity index (χ0) is 33.7. The number of hydrogen-bond acceptors (Lipinski definition) is 11. The lowest BCUT2D eigenvalue weighted by Gasteiger charge is -2.50. The van der Waals surface area contributed by atoms with Crippen LogP contribution in [-0.2, 0) is 33.7 Å². The summed E-state index contributed by atoms with van der Waals surface area (Å²) in [5, 5.41) is 48.2. The molecule has 0 spiro atoms. The van der Waals surface area contributed by atoms with Crippen LogP contribution < -0.4 is 16.0 Å². The molecule has 0 bridgehead atoms. The van der Waals surface area contributed by atoms with Crippen molar-refractivity contribution in [3.05, 3.63) is 81.3 Å². The van der Waals surface area contributed by atoms with Gasteiger partial charge >= 0.3 is 6.09 Å². The van der Waals surface area contributed by atoms with Crippen LogP contribution in [0.4, 0.5) is 10.5 Å². The number of aliphatic hydroxyl groups excluding tert-OH is 2. The van der Waals surface area contributed by atoms with Gasteiger partial charge in [0, 0.05) is 49.8 Å². The van der Waals surface area contributed by atoms with Crippen LogP contribution in [0.2, 0.25) is 0 Å². The molecule has 2 amide bonds. The van der Waals surface area contributed by atoms with Crippen LogP contribution in [0.5, 0.6) is 5.75 Å². The molecule has 3 aliphatic carbocycles. The monoisotopic (exact) mass is 634 g/mol. The summed E-state index contributed by atoms with van der Waals surface area (Å²) >= 11 is 0. The number of Topliss-reactive ketones (excluding diaryl/α,β-unsaturated/α-hetero) is 2. The summed E-state index contributed by atoms with van der Waals surface area (Å²) in [7, 11) is 6.66. The molecule has 0 saturated carbocycles. The van der Waals surface area contributed by atoms with Gasteiger partial charge in [0.15, 0.2) is 11.4 Å². The number of benzene rings is 2. The van der Waals surface area contributed by atoms with Gasteiger partial charge in [0.25, 0.3) is 5.91 Å². The third-order valence-corrected chi connectivity index (χ3v) is 9.15. The molecule has 0 saturated heterocycles. The number of likely N-dealkylation sites (N-methyl/N-ethyl adjacent to an activating group) is 1. The van der Waals surface area contributed by atoms with Crippen molar-refractivity contribution in [2.45, 2.75) is 37.5 Å². The number of amides is 2. The number of allylic oxidation sites excluding steroid dienone is 1. The number of nitrogens with two attached hydrogens (primary N) is 1. The van der Waals surface area contributed by atoms with Crippen molar-refractivity contribution in [2.75, 3.05) is 39.7 Å². The van der Waals surface area contributed by atoms with Gasteiger partial charge in [-0.2, -0.15) is 0 Å². The molecular weight excluding hydrogens is 596 g/mol. The van der Waals surface area contributed by atoms with Gasteiger partial charge in [-0.15, -0.1) is 0 Å². The predicted octanol–water partition coefficient (Wildman–Crippen LogP) is 1.66. The number of nitrogens with zero attached hydrogens (tertiary/aromatic N) is 2. The minimum absolute atomic E-state index is 0.0163. The van der Waals surface area contributed by atoms with Crippen LogP contribution in [0.15, 0.2) is 59.1 Å². The smallest absolute Gasteiger partial charge is 0.407 e. The lowest BCUT2D eigenvalue weighted by Crippen LogP contribution is -2.63. The maximum absolute atomic E-state index is 14.1. The summed E-state index contributed by atoms with van der Waals surface area (Å²) in [5.74, 6) is -7.21. The highest BCUT2D eigenvalue weighted by atomic mass is 16.5. The number of hydrogen-bond donors (Lipinski definition) is 6. The van der Waals surface area contributed by atoms with Gasteiger partial charge in [-0.1, -0.05) is 30.3 Å². The Kier molecular flexibility index (Phi) is 8.58. The van der Waals surface area contributed by atoms with Crippen LogP contribution in [0.25, 0.3) is 0 Å². The number of aliphatic hydroxyl groups is 3. The Hall–Kier alpha value is -4.88. The molecular formula is C33H38N4O9. The molecule has 0 aliphatic heterocycles. The van der Waals surface area contributed by atoms with Crippen molar-refractivity contribution >= 4 is 29.3 Å². The minimum Gasteiger partial charge on any atom is -0.510 e. The second kappa shape index (κ2) is 12.1. The van der Waals surface area contributed by atoms with E-state index in [0.717, 1.165) is 5.56 Å². The number of carbonyl (C=O) groups excluding carboxylic acids is 4. The second-order valence-electron chi connectivity index (χ2n) is 12.3. The molecule has 46 heavy (non-hydrogen) atoms. The lowest BCUT2D eigenvalue weighted by atomic mass is 9.58. The van der Waals surface area contributed by atoms with Gasteiger partial charge in [-0.05, 0) is 50.0 Å². The molecule has 7 N–H and O–H groups in total. The van der Waals surface area contributed by atoms with Crippen molar-refractivity contribution in [2.24, 2.45) is 17.6 Å². The van der Waals surface area contributed by atoms with Crippen LogP contribution in [0.3, 0.4) is 0 Å². The highest BCUT2D eigenvalue weighted by molar-refractivity contribution is 6.25. The lowest BCUT2D eigenvalue weighted by molar-refractivity contribution is -0.148. The Balaban J connectivity index is 1.49. The third-order valence-electron chi connectivity index (χ3n) is 9.15. The molecule has 0 aromatic heterocycles. The summed E-state index contributed by atoms with van der Waals surface area (Å²) in [6.07, 6.45) is -0.0826. The highest BCUT2D eigenvalue weighted by Crippen LogP contribution is 2.53. The number of alkyl carbamates (subject to hydrolysis) is 1. The highest BCUT2D eigenvalue weighted by Gasteiger charge is 2.63. The zero-order valence-electron chi connectivity index (χ0n) is 26.0. The molecule has 2 aromatic rings. The number of phenolic OH excluding ortho intramolecular Hbond substituents is 1. The molecule has 5 rings (SSSR count). The average Bonchev–Trinajstić information content (AvgIpc) is 2.98. The number of carbonyl (C=O) groups is 4. The first-order valence-electron chi connectivity index (χ1n) is 14.8. The number of aromatic hydroxyl groups is 1. The van der Waals surface area contributed by atoms with Crippen molar-refractivity contribution < 1.29 is 44.3 Å². The maximum atomic E-state index is 14.1. The van der Waals surface area contributed by atoms with Crippen molar-refractivity contribution in [3.63, 3.8) is 0 Å². The fourth-order valence-electron chi connectivity index (χ4n) is 7.01. The Morgan fingerprint density at radius 1 is 1.09 bits per heavy atom. The van der Waals surface area contributed by atoms with Gasteiger partial charge in [-0.3, -0.25) is 19.3 Å². The summed E-state index contributed by atoms with van der Waals surface area (Å²) in [6.45, 7) is -0.0586. The van der Waals surface area contributed by atoms with E-state index in [1.165, 1.54) is 4.90 Å². The molecule has 0 fully saturated rings. The molecule has 4 atom stereocenters. The number of fused-ring (bicyclic) bond motifs is 3. The standard InChI is InChI=1S/C33H38N4O9/c1-36(2)21-14-18(15-35-32(44)46-11-10-16-8-6-5-7-9-16)26(38)23-19(21)12-17-13-20-25(37(3)4)28(40)24(31(34)43)30(42)33(20,45)29(41)22(17)27(23)39/h5-9,14,17,20,25,38,40-41,45H,10-13,15H2,1-4H3,(H2,34,43)(H,35,44)/t17-,20-,25?,33-/m0/s1. The molecule has 0 radical (unpaired) electrons. The normalized spacial score (nSPS) is 23.9. The van der Waals surface area contributed by atoms with E-state index in [1.807, 2.05) is 30.3 Å². The summed E-state index contributed by atoms with van der Waals surface area (Å²) < 4.78 is 5.27. The van der Waals surface area contributed by atoms with E-state index in [0.29, 0.717) is 17.7 Å². The quantitative estimate of drug-likeness (QED) is 0.231. The number of anilines is 1. The van der Waals surface area contributed by atoms with E-state index in [4.69, 9.17) is 10.5 Å². The van der Waals surface area contributed by atoms with Crippen LogP contribution >= 0.6 is 0 Å². The van der Waals surface area contributed by atoms with Gasteiger partial charge in [0.2, 0.25) is 5.78 Å². The van der Waals surface area contributed by atoms with Crippen LogP contribution in [0.1, 0.15) is 33.5 Å². The Labute approximate surface area is 265 Å². The largest absolute Gasteiger partial charge is 0.510 e. The van der Waals surface area contributed by atoms with E-state index >= 15 is 0 Å². The van der Waals surface area contributed by atoms with Gasteiger partial charge in [0.1, 0.15) is 22.8 Å². The Bertz CT molecular complexity index is 1680. The number of nitrogens with one attached hydrogen (secondary N) is 1. The number of ether oxygens (including phenoxy) is 1. The fourth-order valence-corrected chi connectivity index (χ4v) is 7.01. The topological polar surface area (TPSA) is 203 Å². The third kappa shape index (κ3) is 5.24. The van der Waals surface area contributed by atoms with E-state index in [1.54, 1.807) is 39.2 Å². The predicted molar refractivity (Wildman–Crippen MR) is 166 cm³/mol. The average molecular weight is 635 g/mol. The second-order valence-corrected chi connectivity index (χ2v) is 12.3. The number of ketones is 2. The first kappa shape index (κ1) is 32.5. The molecule has 2 aromatic carbocycles. The molecule has 13 nitrogen and oxygen atoms in total.